The molecule has 31 heavy (non-hydrogen) atoms. The molecule has 1 aliphatic heterocycles. The number of hydrogen-bond donors (Lipinski definition) is 1. The highest BCUT2D eigenvalue weighted by Gasteiger charge is 2.28. The van der Waals surface area contributed by atoms with E-state index >= 15 is 0 Å². The van der Waals surface area contributed by atoms with Crippen molar-refractivity contribution in [2.75, 3.05) is 43.4 Å². The number of esters is 1. The largest absolute Gasteiger partial charge is 0.495 e. The van der Waals surface area contributed by atoms with Crippen molar-refractivity contribution in [3.63, 3.8) is 0 Å². The first-order valence-electron chi connectivity index (χ1n) is 9.45. The van der Waals surface area contributed by atoms with Crippen molar-refractivity contribution in [1.82, 2.24) is 9.97 Å². The summed E-state index contributed by atoms with van der Waals surface area (Å²) in [4.78, 5) is 37.1. The van der Waals surface area contributed by atoms with E-state index in [-0.39, 0.29) is 5.91 Å². The first-order valence-corrected chi connectivity index (χ1v) is 9.45. The van der Waals surface area contributed by atoms with Crippen molar-refractivity contribution in [2.45, 2.75) is 0 Å². The van der Waals surface area contributed by atoms with Crippen molar-refractivity contribution in [3.05, 3.63) is 59.8 Å². The van der Waals surface area contributed by atoms with E-state index in [9.17, 15) is 9.59 Å². The zero-order valence-electron chi connectivity index (χ0n) is 17.5. The molecular formula is C22H21N5O4. The van der Waals surface area contributed by atoms with E-state index < -0.39 is 5.97 Å². The van der Waals surface area contributed by atoms with E-state index in [0.29, 0.717) is 40.0 Å². The highest BCUT2D eigenvalue weighted by Crippen LogP contribution is 2.38. The lowest BCUT2D eigenvalue weighted by Crippen LogP contribution is -2.25. The van der Waals surface area contributed by atoms with Crippen LogP contribution in [-0.2, 0) is 4.74 Å². The smallest absolute Gasteiger partial charge is 0.337 e. The van der Waals surface area contributed by atoms with Gasteiger partial charge in [-0.15, -0.1) is 0 Å². The fourth-order valence-electron chi connectivity index (χ4n) is 3.42. The standard InChI is InChI=1S/C22H21N5O4/c1-26-16-8-6-5-7-14(16)20(28)27(2)17-12-23-22(25-19(17)26)24-15-10-9-13(21(29)31-4)11-18(15)30-3/h5-12H,1-4H3,(H,23,24,25). The van der Waals surface area contributed by atoms with E-state index in [4.69, 9.17) is 9.47 Å². The van der Waals surface area contributed by atoms with Crippen molar-refractivity contribution in [3.8, 4) is 5.75 Å². The lowest BCUT2D eigenvalue weighted by molar-refractivity contribution is 0.0600. The number of carbonyl (C=O) groups excluding carboxylic acids is 2. The van der Waals surface area contributed by atoms with Crippen molar-refractivity contribution in [1.29, 1.82) is 0 Å². The minimum atomic E-state index is -0.459. The zero-order chi connectivity index (χ0) is 22.1. The minimum Gasteiger partial charge on any atom is -0.495 e. The molecule has 2 aromatic carbocycles. The van der Waals surface area contributed by atoms with Crippen LogP contribution in [0.4, 0.5) is 28.8 Å². The van der Waals surface area contributed by atoms with Gasteiger partial charge in [-0.25, -0.2) is 9.78 Å². The summed E-state index contributed by atoms with van der Waals surface area (Å²) in [6, 6.07) is 12.3. The van der Waals surface area contributed by atoms with Crippen LogP contribution in [0, 0.1) is 0 Å². The second-order valence-corrected chi connectivity index (χ2v) is 6.87. The van der Waals surface area contributed by atoms with Crippen molar-refractivity contribution < 1.29 is 19.1 Å². The number of rotatable bonds is 4. The predicted octanol–water partition coefficient (Wildman–Crippen LogP) is 3.37. The van der Waals surface area contributed by atoms with Crippen LogP contribution in [0.1, 0.15) is 20.7 Å². The molecule has 0 saturated carbocycles. The molecule has 4 rings (SSSR count). The molecule has 9 nitrogen and oxygen atoms in total. The van der Waals surface area contributed by atoms with Crippen LogP contribution in [0.3, 0.4) is 0 Å². The van der Waals surface area contributed by atoms with Crippen molar-refractivity contribution >= 4 is 40.7 Å². The summed E-state index contributed by atoms with van der Waals surface area (Å²) in [5.41, 5.74) is 2.87. The number of benzene rings is 2. The van der Waals surface area contributed by atoms with Crippen LogP contribution in [0.25, 0.3) is 0 Å². The number of carbonyl (C=O) groups is 2. The predicted molar refractivity (Wildman–Crippen MR) is 117 cm³/mol. The van der Waals surface area contributed by atoms with Gasteiger partial charge in [0.2, 0.25) is 5.95 Å². The van der Waals surface area contributed by atoms with Crippen LogP contribution in [0.2, 0.25) is 0 Å². The van der Waals surface area contributed by atoms with Gasteiger partial charge in [-0.05, 0) is 30.3 Å². The van der Waals surface area contributed by atoms with E-state index in [1.54, 1.807) is 37.5 Å². The maximum absolute atomic E-state index is 12.9. The lowest BCUT2D eigenvalue weighted by Gasteiger charge is -2.21. The Hall–Kier alpha value is -4.14. The third-order valence-electron chi connectivity index (χ3n) is 5.10. The highest BCUT2D eigenvalue weighted by molar-refractivity contribution is 6.13. The Labute approximate surface area is 179 Å². The van der Waals surface area contributed by atoms with E-state index in [1.165, 1.54) is 19.1 Å². The maximum atomic E-state index is 12.9. The minimum absolute atomic E-state index is 0.134. The number of para-hydroxylation sites is 1. The van der Waals surface area contributed by atoms with Gasteiger partial charge in [-0.3, -0.25) is 4.79 Å². The normalized spacial score (nSPS) is 12.6. The van der Waals surface area contributed by atoms with E-state index in [1.807, 2.05) is 30.1 Å². The Morgan fingerprint density at radius 3 is 2.55 bits per heavy atom. The number of aromatic nitrogens is 2. The first-order chi connectivity index (χ1) is 14.9. The van der Waals surface area contributed by atoms with Crippen LogP contribution >= 0.6 is 0 Å². The third-order valence-corrected chi connectivity index (χ3v) is 5.10. The number of nitrogens with zero attached hydrogens (tertiary/aromatic N) is 4. The number of fused-ring (bicyclic) bond motifs is 2. The molecule has 9 heteroatoms. The molecule has 1 N–H and O–H groups in total. The number of amides is 1. The number of ether oxygens (including phenoxy) is 2. The van der Waals surface area contributed by atoms with Gasteiger partial charge in [0.15, 0.2) is 5.82 Å². The Morgan fingerprint density at radius 2 is 1.81 bits per heavy atom. The van der Waals surface area contributed by atoms with Gasteiger partial charge in [0.05, 0.1) is 42.9 Å². The molecule has 1 amide bonds. The second kappa shape index (κ2) is 7.94. The first kappa shape index (κ1) is 20.1. The van der Waals surface area contributed by atoms with Gasteiger partial charge in [0.25, 0.3) is 5.91 Å². The van der Waals surface area contributed by atoms with E-state index in [2.05, 4.69) is 15.3 Å². The third kappa shape index (κ3) is 3.50. The van der Waals surface area contributed by atoms with Gasteiger partial charge in [0, 0.05) is 14.1 Å². The van der Waals surface area contributed by atoms with Crippen LogP contribution < -0.4 is 19.9 Å². The molecule has 0 aliphatic carbocycles. The van der Waals surface area contributed by atoms with Crippen LogP contribution in [0.5, 0.6) is 5.75 Å². The average Bonchev–Trinajstić information content (AvgIpc) is 2.88. The Balaban J connectivity index is 1.73. The SMILES string of the molecule is COC(=O)c1ccc(Nc2ncc3c(n2)N(C)c2ccccc2C(=O)N3C)c(OC)c1. The maximum Gasteiger partial charge on any atom is 0.337 e. The molecule has 0 bridgehead atoms. The van der Waals surface area contributed by atoms with Gasteiger partial charge in [-0.2, -0.15) is 4.98 Å². The zero-order valence-corrected chi connectivity index (χ0v) is 17.5. The summed E-state index contributed by atoms with van der Waals surface area (Å²) in [7, 11) is 6.38. The molecular weight excluding hydrogens is 398 g/mol. The second-order valence-electron chi connectivity index (χ2n) is 6.87. The number of hydrogen-bond acceptors (Lipinski definition) is 8. The summed E-state index contributed by atoms with van der Waals surface area (Å²) in [5, 5.41) is 3.12. The average molecular weight is 419 g/mol. The molecule has 0 saturated heterocycles. The van der Waals surface area contributed by atoms with Gasteiger partial charge < -0.3 is 24.6 Å². The lowest BCUT2D eigenvalue weighted by atomic mass is 10.1. The summed E-state index contributed by atoms with van der Waals surface area (Å²) in [6.45, 7) is 0. The Morgan fingerprint density at radius 1 is 1.03 bits per heavy atom. The molecule has 0 fully saturated rings. The van der Waals surface area contributed by atoms with Crippen LogP contribution in [-0.4, -0.2) is 50.2 Å². The summed E-state index contributed by atoms with van der Waals surface area (Å²) >= 11 is 0. The molecule has 0 radical (unpaired) electrons. The number of methoxy groups -OCH3 is 2. The number of nitrogens with one attached hydrogen (secondary N) is 1. The topological polar surface area (TPSA) is 96.9 Å². The monoisotopic (exact) mass is 419 g/mol. The summed E-state index contributed by atoms with van der Waals surface area (Å²) in [5.74, 6) is 0.732. The fourth-order valence-corrected chi connectivity index (χ4v) is 3.42. The molecule has 158 valence electrons. The molecule has 2 heterocycles. The Bertz CT molecular complexity index is 1180. The fraction of sp³-hybridized carbons (Fsp3) is 0.182. The summed E-state index contributed by atoms with van der Waals surface area (Å²) in [6.07, 6.45) is 1.60. The quantitative estimate of drug-likeness (QED) is 0.643. The summed E-state index contributed by atoms with van der Waals surface area (Å²) < 4.78 is 10.1. The molecule has 1 aromatic heterocycles. The molecule has 0 unspecified atom stereocenters. The number of anilines is 5. The van der Waals surface area contributed by atoms with Gasteiger partial charge in [0.1, 0.15) is 11.4 Å². The van der Waals surface area contributed by atoms with Crippen molar-refractivity contribution in [2.24, 2.45) is 0 Å². The molecule has 1 aliphatic rings. The Kier molecular flexibility index (Phi) is 5.16. The molecule has 3 aromatic rings. The molecule has 0 atom stereocenters. The van der Waals surface area contributed by atoms with E-state index in [0.717, 1.165) is 5.69 Å². The van der Waals surface area contributed by atoms with Gasteiger partial charge in [-0.1, -0.05) is 12.1 Å². The molecule has 0 spiro atoms. The van der Waals surface area contributed by atoms with Gasteiger partial charge >= 0.3 is 5.97 Å². The highest BCUT2D eigenvalue weighted by atomic mass is 16.5. The van der Waals surface area contributed by atoms with Crippen LogP contribution in [0.15, 0.2) is 48.7 Å².